The van der Waals surface area contributed by atoms with Crippen molar-refractivity contribution in [3.8, 4) is 0 Å². The molecule has 0 aliphatic heterocycles. The molecule has 2 aromatic rings. The highest BCUT2D eigenvalue weighted by atomic mass is 19.1. The van der Waals surface area contributed by atoms with Gasteiger partial charge in [0.25, 0.3) is 0 Å². The van der Waals surface area contributed by atoms with E-state index in [-0.39, 0.29) is 5.82 Å². The first-order valence-corrected chi connectivity index (χ1v) is 7.45. The average molecular weight is 286 g/mol. The third kappa shape index (κ3) is 4.30. The summed E-state index contributed by atoms with van der Waals surface area (Å²) < 4.78 is 14.2. The number of rotatable bonds is 7. The molecule has 1 N–H and O–H groups in total. The van der Waals surface area contributed by atoms with Gasteiger partial charge in [-0.05, 0) is 30.2 Å². The van der Waals surface area contributed by atoms with Crippen LogP contribution in [0.25, 0.3) is 0 Å². The molecule has 0 heterocycles. The van der Waals surface area contributed by atoms with Crippen LogP contribution in [0.1, 0.15) is 24.5 Å². The Balaban J connectivity index is 2.16. The maximum atomic E-state index is 14.2. The molecule has 0 radical (unpaired) electrons. The molecule has 112 valence electrons. The maximum Gasteiger partial charge on any atom is 0.146 e. The van der Waals surface area contributed by atoms with Crippen LogP contribution in [0.15, 0.2) is 48.5 Å². The first kappa shape index (κ1) is 15.5. The number of benzene rings is 2. The van der Waals surface area contributed by atoms with Gasteiger partial charge in [-0.25, -0.2) is 4.39 Å². The summed E-state index contributed by atoms with van der Waals surface area (Å²) in [5, 5.41) is 3.34. The highest BCUT2D eigenvalue weighted by molar-refractivity contribution is 5.54. The molecule has 2 aromatic carbocycles. The van der Waals surface area contributed by atoms with Gasteiger partial charge in [0, 0.05) is 20.1 Å². The van der Waals surface area contributed by atoms with Crippen LogP contribution in [0.3, 0.4) is 0 Å². The number of anilines is 1. The summed E-state index contributed by atoms with van der Waals surface area (Å²) in [4.78, 5) is 1.98. The van der Waals surface area contributed by atoms with Crippen LogP contribution in [0.2, 0.25) is 0 Å². The predicted molar refractivity (Wildman–Crippen MR) is 86.9 cm³/mol. The standard InChI is InChI=1S/C18H23FN2/c1-3-12-20-13-16-10-7-11-17(19)18(16)21(2)14-15-8-5-4-6-9-15/h4-11,20H,3,12-14H2,1-2H3. The van der Waals surface area contributed by atoms with Gasteiger partial charge in [-0.1, -0.05) is 49.4 Å². The van der Waals surface area contributed by atoms with Crippen LogP contribution >= 0.6 is 0 Å². The largest absolute Gasteiger partial charge is 0.368 e. The first-order valence-electron chi connectivity index (χ1n) is 7.45. The summed E-state index contributed by atoms with van der Waals surface area (Å²) in [5.74, 6) is -0.163. The van der Waals surface area contributed by atoms with E-state index in [1.54, 1.807) is 6.07 Å². The minimum absolute atomic E-state index is 0.163. The molecule has 0 spiro atoms. The number of hydrogen-bond acceptors (Lipinski definition) is 2. The van der Waals surface area contributed by atoms with E-state index in [1.807, 2.05) is 36.2 Å². The van der Waals surface area contributed by atoms with Gasteiger partial charge in [-0.2, -0.15) is 0 Å². The zero-order valence-corrected chi connectivity index (χ0v) is 12.8. The summed E-state index contributed by atoms with van der Waals surface area (Å²) in [7, 11) is 1.94. The quantitative estimate of drug-likeness (QED) is 0.775. The monoisotopic (exact) mass is 286 g/mol. The Hall–Kier alpha value is -1.87. The second-order valence-electron chi connectivity index (χ2n) is 5.27. The van der Waals surface area contributed by atoms with E-state index in [9.17, 15) is 4.39 Å². The molecule has 0 aliphatic rings. The number of halogens is 1. The van der Waals surface area contributed by atoms with Crippen molar-refractivity contribution in [2.75, 3.05) is 18.5 Å². The molecule has 2 nitrogen and oxygen atoms in total. The van der Waals surface area contributed by atoms with Gasteiger partial charge in [-0.15, -0.1) is 0 Å². The fraction of sp³-hybridized carbons (Fsp3) is 0.333. The topological polar surface area (TPSA) is 15.3 Å². The molecular formula is C18H23FN2. The lowest BCUT2D eigenvalue weighted by Gasteiger charge is -2.23. The number of nitrogens with zero attached hydrogens (tertiary/aromatic N) is 1. The molecule has 3 heteroatoms. The third-order valence-electron chi connectivity index (χ3n) is 3.46. The van der Waals surface area contributed by atoms with Crippen LogP contribution in [0.5, 0.6) is 0 Å². The molecule has 0 aliphatic carbocycles. The number of para-hydroxylation sites is 1. The lowest BCUT2D eigenvalue weighted by molar-refractivity contribution is 0.613. The lowest BCUT2D eigenvalue weighted by Crippen LogP contribution is -2.22. The van der Waals surface area contributed by atoms with E-state index < -0.39 is 0 Å². The second kappa shape index (κ2) is 7.79. The zero-order valence-electron chi connectivity index (χ0n) is 12.8. The third-order valence-corrected chi connectivity index (χ3v) is 3.46. The van der Waals surface area contributed by atoms with E-state index in [0.717, 1.165) is 18.5 Å². The van der Waals surface area contributed by atoms with Crippen LogP contribution in [0, 0.1) is 5.82 Å². The van der Waals surface area contributed by atoms with Gasteiger partial charge in [-0.3, -0.25) is 0 Å². The van der Waals surface area contributed by atoms with Gasteiger partial charge >= 0.3 is 0 Å². The molecule has 0 saturated heterocycles. The minimum Gasteiger partial charge on any atom is -0.368 e. The Morgan fingerprint density at radius 1 is 1.05 bits per heavy atom. The molecule has 0 bridgehead atoms. The molecule has 0 amide bonds. The van der Waals surface area contributed by atoms with E-state index in [1.165, 1.54) is 11.6 Å². The summed E-state index contributed by atoms with van der Waals surface area (Å²) >= 11 is 0. The van der Waals surface area contributed by atoms with Gasteiger partial charge in [0.2, 0.25) is 0 Å². The summed E-state index contributed by atoms with van der Waals surface area (Å²) in [6.07, 6.45) is 1.07. The Labute approximate surface area is 126 Å². The number of nitrogens with one attached hydrogen (secondary N) is 1. The summed E-state index contributed by atoms with van der Waals surface area (Å²) in [5.41, 5.74) is 2.86. The predicted octanol–water partition coefficient (Wildman–Crippen LogP) is 3.96. The van der Waals surface area contributed by atoms with Crippen molar-refractivity contribution < 1.29 is 4.39 Å². The molecular weight excluding hydrogens is 263 g/mol. The van der Waals surface area contributed by atoms with E-state index in [0.29, 0.717) is 18.8 Å². The van der Waals surface area contributed by atoms with Crippen molar-refractivity contribution in [2.24, 2.45) is 0 Å². The van der Waals surface area contributed by atoms with Gasteiger partial charge in [0.05, 0.1) is 5.69 Å². The van der Waals surface area contributed by atoms with Crippen LogP contribution < -0.4 is 10.2 Å². The van der Waals surface area contributed by atoms with E-state index >= 15 is 0 Å². The summed E-state index contributed by atoms with van der Waals surface area (Å²) in [6, 6.07) is 15.4. The van der Waals surface area contributed by atoms with Crippen molar-refractivity contribution in [1.82, 2.24) is 5.32 Å². The lowest BCUT2D eigenvalue weighted by atomic mass is 10.1. The molecule has 0 aromatic heterocycles. The molecule has 0 atom stereocenters. The highest BCUT2D eigenvalue weighted by Gasteiger charge is 2.13. The van der Waals surface area contributed by atoms with Gasteiger partial charge < -0.3 is 10.2 Å². The maximum absolute atomic E-state index is 14.2. The Morgan fingerprint density at radius 2 is 1.81 bits per heavy atom. The fourth-order valence-corrected chi connectivity index (χ4v) is 2.47. The normalized spacial score (nSPS) is 10.6. The minimum atomic E-state index is -0.163. The summed E-state index contributed by atoms with van der Waals surface area (Å²) in [6.45, 7) is 4.46. The van der Waals surface area contributed by atoms with Crippen LogP contribution in [-0.4, -0.2) is 13.6 Å². The fourth-order valence-electron chi connectivity index (χ4n) is 2.47. The smallest absolute Gasteiger partial charge is 0.146 e. The molecule has 0 saturated carbocycles. The Morgan fingerprint density at radius 3 is 2.52 bits per heavy atom. The molecule has 21 heavy (non-hydrogen) atoms. The van der Waals surface area contributed by atoms with Crippen LogP contribution in [-0.2, 0) is 13.1 Å². The molecule has 0 fully saturated rings. The Bertz CT molecular complexity index is 554. The zero-order chi connectivity index (χ0) is 15.1. The van der Waals surface area contributed by atoms with Crippen molar-refractivity contribution in [1.29, 1.82) is 0 Å². The first-order chi connectivity index (χ1) is 10.2. The molecule has 2 rings (SSSR count). The van der Waals surface area contributed by atoms with Crippen molar-refractivity contribution in [3.05, 3.63) is 65.5 Å². The van der Waals surface area contributed by atoms with Gasteiger partial charge in [0.1, 0.15) is 5.82 Å². The molecule has 0 unspecified atom stereocenters. The SMILES string of the molecule is CCCNCc1cccc(F)c1N(C)Cc1ccccc1. The second-order valence-corrected chi connectivity index (χ2v) is 5.27. The van der Waals surface area contributed by atoms with Gasteiger partial charge in [0.15, 0.2) is 0 Å². The average Bonchev–Trinajstić information content (AvgIpc) is 2.48. The van der Waals surface area contributed by atoms with Crippen molar-refractivity contribution >= 4 is 5.69 Å². The number of hydrogen-bond donors (Lipinski definition) is 1. The highest BCUT2D eigenvalue weighted by Crippen LogP contribution is 2.25. The van der Waals surface area contributed by atoms with E-state index in [2.05, 4.69) is 24.4 Å². The Kier molecular flexibility index (Phi) is 5.76. The van der Waals surface area contributed by atoms with Crippen LogP contribution in [0.4, 0.5) is 10.1 Å². The van der Waals surface area contributed by atoms with Crippen molar-refractivity contribution in [2.45, 2.75) is 26.4 Å². The van der Waals surface area contributed by atoms with E-state index in [4.69, 9.17) is 0 Å². The van der Waals surface area contributed by atoms with Crippen molar-refractivity contribution in [3.63, 3.8) is 0 Å².